The fourth-order valence-corrected chi connectivity index (χ4v) is 4.55. The van der Waals surface area contributed by atoms with Gasteiger partial charge in [-0.05, 0) is 48.4 Å². The van der Waals surface area contributed by atoms with Crippen LogP contribution in [0.4, 0.5) is 20.0 Å². The molecular weight excluding hydrogens is 433 g/mol. The lowest BCUT2D eigenvalue weighted by molar-refractivity contribution is -0.137. The number of nitrogens with one attached hydrogen (secondary N) is 3. The zero-order chi connectivity index (χ0) is 22.7. The summed E-state index contributed by atoms with van der Waals surface area (Å²) in [5.41, 5.74) is 2.05. The molecule has 168 valence electrons. The van der Waals surface area contributed by atoms with Gasteiger partial charge in [-0.15, -0.1) is 0 Å². The summed E-state index contributed by atoms with van der Waals surface area (Å²) in [6.45, 7) is 1.29. The van der Waals surface area contributed by atoms with Crippen molar-refractivity contribution in [3.8, 4) is 0 Å². The molecule has 3 aromatic rings. The van der Waals surface area contributed by atoms with Gasteiger partial charge in [0, 0.05) is 39.0 Å². The fraction of sp³-hybridized carbons (Fsp3) is 0.318. The summed E-state index contributed by atoms with van der Waals surface area (Å²) in [4.78, 5) is 31.3. The number of amides is 3. The zero-order valence-corrected chi connectivity index (χ0v) is 18.5. The first-order chi connectivity index (χ1) is 15.4. The quantitative estimate of drug-likeness (QED) is 0.526. The van der Waals surface area contributed by atoms with Gasteiger partial charge in [0.1, 0.15) is 11.9 Å². The van der Waals surface area contributed by atoms with Crippen LogP contribution in [0.25, 0.3) is 10.2 Å². The van der Waals surface area contributed by atoms with Crippen molar-refractivity contribution in [1.29, 1.82) is 0 Å². The van der Waals surface area contributed by atoms with E-state index in [1.165, 1.54) is 35.6 Å². The second-order valence-electron chi connectivity index (χ2n) is 7.56. The van der Waals surface area contributed by atoms with Gasteiger partial charge in [-0.2, -0.15) is 0 Å². The maximum atomic E-state index is 13.0. The number of urea groups is 1. The average molecular weight is 458 g/mol. The third kappa shape index (κ3) is 4.87. The summed E-state index contributed by atoms with van der Waals surface area (Å²) in [6.07, 6.45) is 0.779. The van der Waals surface area contributed by atoms with Crippen LogP contribution in [0.3, 0.4) is 0 Å². The van der Waals surface area contributed by atoms with Crippen LogP contribution < -0.4 is 16.0 Å². The topological polar surface area (TPSA) is 95.6 Å². The Morgan fingerprint density at radius 3 is 2.81 bits per heavy atom. The number of hydrogen-bond donors (Lipinski definition) is 3. The van der Waals surface area contributed by atoms with Crippen LogP contribution >= 0.6 is 11.3 Å². The Balaban J connectivity index is 1.44. The van der Waals surface area contributed by atoms with Crippen LogP contribution in [0.15, 0.2) is 42.5 Å². The van der Waals surface area contributed by atoms with Crippen molar-refractivity contribution >= 4 is 44.3 Å². The van der Waals surface area contributed by atoms with Crippen LogP contribution in [0, 0.1) is 5.82 Å². The van der Waals surface area contributed by atoms with Gasteiger partial charge >= 0.3 is 6.03 Å². The van der Waals surface area contributed by atoms with E-state index in [-0.39, 0.29) is 17.8 Å². The first kappa shape index (κ1) is 22.1. The molecule has 1 aliphatic heterocycles. The van der Waals surface area contributed by atoms with Gasteiger partial charge in [0.15, 0.2) is 5.13 Å². The fourth-order valence-electron chi connectivity index (χ4n) is 3.64. The molecule has 4 rings (SSSR count). The van der Waals surface area contributed by atoms with Crippen molar-refractivity contribution in [2.45, 2.75) is 18.5 Å². The van der Waals surface area contributed by atoms with E-state index >= 15 is 0 Å². The number of hydrogen-bond acceptors (Lipinski definition) is 6. The lowest BCUT2D eigenvalue weighted by Crippen LogP contribution is -2.54. The number of halogens is 1. The molecule has 0 bridgehead atoms. The summed E-state index contributed by atoms with van der Waals surface area (Å²) < 4.78 is 19.0. The van der Waals surface area contributed by atoms with E-state index in [0.29, 0.717) is 24.0 Å². The van der Waals surface area contributed by atoms with Crippen LogP contribution in [0.5, 0.6) is 0 Å². The van der Waals surface area contributed by atoms with E-state index in [2.05, 4.69) is 20.9 Å². The molecule has 32 heavy (non-hydrogen) atoms. The van der Waals surface area contributed by atoms with E-state index in [0.717, 1.165) is 22.2 Å². The summed E-state index contributed by atoms with van der Waals surface area (Å²) in [6, 6.07) is 10.3. The van der Waals surface area contributed by atoms with Crippen molar-refractivity contribution in [3.63, 3.8) is 0 Å². The SMILES string of the molecule is COCC[C@@H]1CNC(c2ccc3nc(NC(=O)Nc4ccc(F)cc4)sc3c2)C(=O)N1C. The Morgan fingerprint density at radius 1 is 1.28 bits per heavy atom. The predicted octanol–water partition coefficient (Wildman–Crippen LogP) is 3.59. The summed E-state index contributed by atoms with van der Waals surface area (Å²) in [7, 11) is 3.48. The van der Waals surface area contributed by atoms with Gasteiger partial charge < -0.3 is 20.3 Å². The summed E-state index contributed by atoms with van der Waals surface area (Å²) >= 11 is 1.32. The molecule has 1 saturated heterocycles. The number of fused-ring (bicyclic) bond motifs is 1. The number of rotatable bonds is 6. The van der Waals surface area contributed by atoms with Gasteiger partial charge in [0.25, 0.3) is 0 Å². The molecular formula is C22H24FN5O3S. The zero-order valence-electron chi connectivity index (χ0n) is 17.7. The smallest absolute Gasteiger partial charge is 0.325 e. The Morgan fingerprint density at radius 2 is 2.06 bits per heavy atom. The number of piperazine rings is 1. The lowest BCUT2D eigenvalue weighted by Gasteiger charge is -2.37. The molecule has 8 nitrogen and oxygen atoms in total. The Labute approximate surface area is 188 Å². The first-order valence-electron chi connectivity index (χ1n) is 10.2. The number of benzene rings is 2. The van der Waals surface area contributed by atoms with Crippen molar-refractivity contribution in [3.05, 3.63) is 53.8 Å². The van der Waals surface area contributed by atoms with Crippen LogP contribution in [-0.4, -0.2) is 55.2 Å². The highest BCUT2D eigenvalue weighted by atomic mass is 32.1. The van der Waals surface area contributed by atoms with Crippen molar-refractivity contribution in [2.24, 2.45) is 0 Å². The van der Waals surface area contributed by atoms with Crippen LogP contribution in [-0.2, 0) is 9.53 Å². The van der Waals surface area contributed by atoms with E-state index in [1.807, 2.05) is 25.2 Å². The molecule has 1 fully saturated rings. The number of nitrogens with zero attached hydrogens (tertiary/aromatic N) is 2. The minimum absolute atomic E-state index is 0.0123. The third-order valence-electron chi connectivity index (χ3n) is 5.42. The molecule has 0 spiro atoms. The maximum Gasteiger partial charge on any atom is 0.325 e. The minimum Gasteiger partial charge on any atom is -0.385 e. The highest BCUT2D eigenvalue weighted by Gasteiger charge is 2.33. The molecule has 0 aliphatic carbocycles. The predicted molar refractivity (Wildman–Crippen MR) is 122 cm³/mol. The molecule has 2 atom stereocenters. The Bertz CT molecular complexity index is 1120. The number of ether oxygens (including phenoxy) is 1. The van der Waals surface area contributed by atoms with E-state index in [1.54, 1.807) is 12.0 Å². The summed E-state index contributed by atoms with van der Waals surface area (Å²) in [5.74, 6) is -0.362. The number of aromatic nitrogens is 1. The monoisotopic (exact) mass is 457 g/mol. The van der Waals surface area contributed by atoms with Crippen molar-refractivity contribution in [1.82, 2.24) is 15.2 Å². The number of carbonyl (C=O) groups excluding carboxylic acids is 2. The lowest BCUT2D eigenvalue weighted by atomic mass is 10.00. The normalized spacial score (nSPS) is 18.7. The Kier molecular flexibility index (Phi) is 6.63. The number of likely N-dealkylation sites (N-methyl/N-ethyl adjacent to an activating group) is 1. The van der Waals surface area contributed by atoms with Gasteiger partial charge in [-0.3, -0.25) is 10.1 Å². The first-order valence-corrected chi connectivity index (χ1v) is 11.0. The maximum absolute atomic E-state index is 13.0. The van der Waals surface area contributed by atoms with E-state index in [4.69, 9.17) is 4.74 Å². The molecule has 1 aliphatic rings. The largest absolute Gasteiger partial charge is 0.385 e. The van der Waals surface area contributed by atoms with Gasteiger partial charge in [-0.1, -0.05) is 17.4 Å². The number of thiazole rings is 1. The van der Waals surface area contributed by atoms with Gasteiger partial charge in [0.05, 0.1) is 10.2 Å². The molecule has 0 radical (unpaired) electrons. The molecule has 0 saturated carbocycles. The second-order valence-corrected chi connectivity index (χ2v) is 8.59. The minimum atomic E-state index is -0.469. The number of anilines is 2. The van der Waals surface area contributed by atoms with Gasteiger partial charge in [-0.25, -0.2) is 14.2 Å². The third-order valence-corrected chi connectivity index (χ3v) is 6.36. The molecule has 2 heterocycles. The van der Waals surface area contributed by atoms with Crippen LogP contribution in [0.1, 0.15) is 18.0 Å². The highest BCUT2D eigenvalue weighted by Crippen LogP contribution is 2.30. The molecule has 3 amide bonds. The highest BCUT2D eigenvalue weighted by molar-refractivity contribution is 7.22. The summed E-state index contributed by atoms with van der Waals surface area (Å²) in [5, 5.41) is 9.10. The molecule has 10 heteroatoms. The number of methoxy groups -OCH3 is 1. The molecule has 2 aromatic carbocycles. The van der Waals surface area contributed by atoms with Gasteiger partial charge in [0.2, 0.25) is 5.91 Å². The standard InChI is InChI=1S/C22H24FN5O3S/c1-28-16(9-10-31-2)12-24-19(20(28)29)13-3-8-17-18(11-13)32-22(26-17)27-21(30)25-15-6-4-14(23)5-7-15/h3-8,11,16,19,24H,9-10,12H2,1-2H3,(H2,25,26,27,30)/t16-,19?/m1/s1. The van der Waals surface area contributed by atoms with E-state index < -0.39 is 12.1 Å². The number of carbonyl (C=O) groups is 2. The molecule has 3 N–H and O–H groups in total. The molecule has 1 aromatic heterocycles. The Hall–Kier alpha value is -3.08. The van der Waals surface area contributed by atoms with E-state index in [9.17, 15) is 14.0 Å². The van der Waals surface area contributed by atoms with Crippen molar-refractivity contribution < 1.29 is 18.7 Å². The molecule has 1 unspecified atom stereocenters. The van der Waals surface area contributed by atoms with Crippen molar-refractivity contribution in [2.75, 3.05) is 37.9 Å². The van der Waals surface area contributed by atoms with Crippen LogP contribution in [0.2, 0.25) is 0 Å². The second kappa shape index (κ2) is 9.60. The average Bonchev–Trinajstić information content (AvgIpc) is 3.17.